The minimum atomic E-state index is -3.05. The summed E-state index contributed by atoms with van der Waals surface area (Å²) >= 11 is 0. The summed E-state index contributed by atoms with van der Waals surface area (Å²) in [6.45, 7) is 6.93. The smallest absolute Gasteiger partial charge is 0.247 e. The molecule has 12 aromatic rings. The van der Waals surface area contributed by atoms with Crippen LogP contribution < -0.4 is 46.9 Å². The minimum Gasteiger partial charge on any atom is -0.312 e. The molecule has 2 heterocycles. The molecule has 12 aromatic carbocycles. The Kier molecular flexibility index (Phi) is 9.39. The summed E-state index contributed by atoms with van der Waals surface area (Å²) in [4.78, 5) is 5.05. The monoisotopic (exact) mass is 920 g/mol. The SMILES string of the molecule is Cc1cc(C)c(B2c3ccccc3N3c4ccc(-c5ccc6ccc7c(N(c8ccccc8)c8ccccc8)ccc8ccc5c6c87)cc4[Si](c4ccccc4)(c4ccccc4)c4cccc2c43)c(C)c1. The largest absolute Gasteiger partial charge is 0.312 e. The van der Waals surface area contributed by atoms with Crippen LogP contribution >= 0.6 is 0 Å². The lowest BCUT2D eigenvalue weighted by molar-refractivity contribution is 1.29. The number of fused-ring (bicyclic) bond motifs is 4. The molecule has 0 saturated heterocycles. The van der Waals surface area contributed by atoms with Gasteiger partial charge in [0.1, 0.15) is 0 Å². The fraction of sp³-hybridized carbons (Fsp3) is 0.0448. The third-order valence-corrected chi connectivity index (χ3v) is 20.6. The van der Waals surface area contributed by atoms with Gasteiger partial charge in [-0.3, -0.25) is 0 Å². The molecule has 2 nitrogen and oxygen atoms in total. The van der Waals surface area contributed by atoms with E-state index in [0.717, 1.165) is 11.4 Å². The van der Waals surface area contributed by atoms with Crippen LogP contribution in [0.3, 0.4) is 0 Å². The van der Waals surface area contributed by atoms with E-state index < -0.39 is 8.07 Å². The molecule has 0 unspecified atom stereocenters. The lowest BCUT2D eigenvalue weighted by Gasteiger charge is -2.49. The zero-order valence-electron chi connectivity index (χ0n) is 40.1. The molecule has 0 spiro atoms. The fourth-order valence-electron chi connectivity index (χ4n) is 13.1. The second-order valence-corrected chi connectivity index (χ2v) is 23.5. The number of nitrogens with zero attached hydrogens (tertiary/aromatic N) is 2. The highest BCUT2D eigenvalue weighted by molar-refractivity contribution is 7.22. The van der Waals surface area contributed by atoms with Gasteiger partial charge in [-0.15, -0.1) is 0 Å². The first-order chi connectivity index (χ1) is 35.0. The second kappa shape index (κ2) is 16.1. The third-order valence-electron chi connectivity index (χ3n) is 15.8. The van der Waals surface area contributed by atoms with E-state index in [-0.39, 0.29) is 6.71 Å². The summed E-state index contributed by atoms with van der Waals surface area (Å²) in [5, 5.41) is 13.2. The highest BCUT2D eigenvalue weighted by Crippen LogP contribution is 2.47. The van der Waals surface area contributed by atoms with Gasteiger partial charge in [-0.1, -0.05) is 222 Å². The Bertz CT molecular complexity index is 3940. The van der Waals surface area contributed by atoms with E-state index in [1.165, 1.54) is 120 Å². The van der Waals surface area contributed by atoms with Gasteiger partial charge >= 0.3 is 0 Å². The minimum absolute atomic E-state index is 0.0854. The van der Waals surface area contributed by atoms with Crippen molar-refractivity contribution in [1.82, 2.24) is 0 Å². The molecule has 0 saturated carbocycles. The number of benzene rings is 12. The van der Waals surface area contributed by atoms with Crippen molar-refractivity contribution in [2.24, 2.45) is 0 Å². The maximum atomic E-state index is 2.64. The molecule has 2 aliphatic rings. The third kappa shape index (κ3) is 6.08. The molecule has 0 aromatic heterocycles. The van der Waals surface area contributed by atoms with E-state index in [1.54, 1.807) is 0 Å². The van der Waals surface area contributed by atoms with E-state index in [1.807, 2.05) is 0 Å². The Morgan fingerprint density at radius 2 is 0.972 bits per heavy atom. The Labute approximate surface area is 417 Å². The van der Waals surface area contributed by atoms with Crippen LogP contribution in [0.1, 0.15) is 16.7 Å². The van der Waals surface area contributed by atoms with Gasteiger partial charge in [-0.25, -0.2) is 0 Å². The second-order valence-electron chi connectivity index (χ2n) is 19.7. The molecule has 0 fully saturated rings. The van der Waals surface area contributed by atoms with Crippen molar-refractivity contribution >= 4 is 118 Å². The van der Waals surface area contributed by atoms with Crippen LogP contribution in [0.25, 0.3) is 43.4 Å². The van der Waals surface area contributed by atoms with E-state index in [0.29, 0.717) is 0 Å². The summed E-state index contributed by atoms with van der Waals surface area (Å²) in [5.41, 5.74) is 17.9. The van der Waals surface area contributed by atoms with Crippen LogP contribution in [0.15, 0.2) is 243 Å². The lowest BCUT2D eigenvalue weighted by atomic mass is 9.34. The summed E-state index contributed by atoms with van der Waals surface area (Å²) in [7, 11) is -3.05. The van der Waals surface area contributed by atoms with Crippen molar-refractivity contribution in [2.45, 2.75) is 20.8 Å². The number of hydrogen-bond donors (Lipinski definition) is 0. The number of hydrogen-bond acceptors (Lipinski definition) is 2. The van der Waals surface area contributed by atoms with Crippen molar-refractivity contribution in [1.29, 1.82) is 0 Å². The van der Waals surface area contributed by atoms with Crippen LogP contribution in [0.4, 0.5) is 34.1 Å². The van der Waals surface area contributed by atoms with Gasteiger partial charge in [0.15, 0.2) is 8.07 Å². The molecule has 0 bridgehead atoms. The maximum Gasteiger partial charge on any atom is 0.247 e. The molecule has 0 amide bonds. The first kappa shape index (κ1) is 41.5. The molecular weight excluding hydrogens is 872 g/mol. The van der Waals surface area contributed by atoms with Crippen molar-refractivity contribution in [2.75, 3.05) is 9.80 Å². The topological polar surface area (TPSA) is 6.48 Å². The average Bonchev–Trinajstić information content (AvgIpc) is 3.42. The van der Waals surface area contributed by atoms with Gasteiger partial charge in [0, 0.05) is 33.8 Å². The molecule has 0 atom stereocenters. The molecule has 14 rings (SSSR count). The lowest BCUT2D eigenvalue weighted by Crippen LogP contribution is -2.78. The van der Waals surface area contributed by atoms with Gasteiger partial charge in [0.05, 0.1) is 5.69 Å². The van der Waals surface area contributed by atoms with Gasteiger partial charge in [-0.2, -0.15) is 0 Å². The van der Waals surface area contributed by atoms with Gasteiger partial charge < -0.3 is 9.80 Å². The van der Waals surface area contributed by atoms with Crippen molar-refractivity contribution < 1.29 is 0 Å². The highest BCUT2D eigenvalue weighted by Gasteiger charge is 2.52. The Balaban J connectivity index is 1.04. The molecule has 0 radical (unpaired) electrons. The van der Waals surface area contributed by atoms with Crippen LogP contribution in [0.5, 0.6) is 0 Å². The zero-order chi connectivity index (χ0) is 47.4. The van der Waals surface area contributed by atoms with Crippen LogP contribution in [-0.2, 0) is 0 Å². The van der Waals surface area contributed by atoms with E-state index in [4.69, 9.17) is 0 Å². The quantitative estimate of drug-likeness (QED) is 0.116. The Morgan fingerprint density at radius 3 is 1.63 bits per heavy atom. The summed E-state index contributed by atoms with van der Waals surface area (Å²) in [6.07, 6.45) is 0. The zero-order valence-corrected chi connectivity index (χ0v) is 41.1. The summed E-state index contributed by atoms with van der Waals surface area (Å²) < 4.78 is 0. The average molecular weight is 921 g/mol. The number of anilines is 6. The summed E-state index contributed by atoms with van der Waals surface area (Å²) in [5.74, 6) is 0. The first-order valence-electron chi connectivity index (χ1n) is 25.0. The summed E-state index contributed by atoms with van der Waals surface area (Å²) in [6, 6.07) is 92.0. The van der Waals surface area contributed by atoms with Crippen molar-refractivity contribution in [3.8, 4) is 11.1 Å². The Hall–Kier alpha value is -8.44. The molecule has 4 heteroatoms. The highest BCUT2D eigenvalue weighted by atomic mass is 28.3. The molecule has 0 N–H and O–H groups in total. The van der Waals surface area contributed by atoms with Crippen molar-refractivity contribution in [3.63, 3.8) is 0 Å². The van der Waals surface area contributed by atoms with E-state index >= 15 is 0 Å². The van der Waals surface area contributed by atoms with Gasteiger partial charge in [0.2, 0.25) is 6.71 Å². The van der Waals surface area contributed by atoms with Gasteiger partial charge in [-0.05, 0) is 133 Å². The number of aryl methyl sites for hydroxylation is 3. The van der Waals surface area contributed by atoms with E-state index in [2.05, 4.69) is 273 Å². The van der Waals surface area contributed by atoms with Gasteiger partial charge in [0.25, 0.3) is 0 Å². The maximum absolute atomic E-state index is 3.05. The van der Waals surface area contributed by atoms with Crippen molar-refractivity contribution in [3.05, 3.63) is 259 Å². The molecule has 334 valence electrons. The predicted octanol–water partition coefficient (Wildman–Crippen LogP) is 12.6. The van der Waals surface area contributed by atoms with Crippen LogP contribution in [0, 0.1) is 20.8 Å². The molecule has 2 aliphatic heterocycles. The molecule has 71 heavy (non-hydrogen) atoms. The normalized spacial score (nSPS) is 13.3. The van der Waals surface area contributed by atoms with E-state index in [9.17, 15) is 0 Å². The standard InChI is InChI=1S/C67H49BN2Si/c1-44-41-45(2)66(46(3)42-44)68-57-27-16-17-29-60(57)70-61-40-35-49(43-63(61)71(52-23-12-6-13-24-52,53-25-14-7-15-26-53)62-30-18-28-58(68)67(62)70)54-36-31-47-33-38-56-59(39-34-48-32-37-55(54)64(47)65(48)56)69(50-19-8-4-9-20-50)51-21-10-5-11-22-51/h4-43H,1-3H3. The fourth-order valence-corrected chi connectivity index (χ4v) is 18.3. The number of rotatable bonds is 7. The first-order valence-corrected chi connectivity index (χ1v) is 27.0. The molecule has 0 aliphatic carbocycles. The van der Waals surface area contributed by atoms with Crippen LogP contribution in [-0.4, -0.2) is 14.8 Å². The van der Waals surface area contributed by atoms with Crippen LogP contribution in [0.2, 0.25) is 0 Å². The number of para-hydroxylation sites is 4. The Morgan fingerprint density at radius 1 is 0.423 bits per heavy atom. The molecular formula is C67H49BN2Si. The predicted molar refractivity (Wildman–Crippen MR) is 307 cm³/mol.